The van der Waals surface area contributed by atoms with Crippen LogP contribution in [-0.4, -0.2) is 36.3 Å². The van der Waals surface area contributed by atoms with E-state index in [1.807, 2.05) is 6.07 Å². The fraction of sp³-hybridized carbons (Fsp3) is 0.391. The average molecular weight is 415 g/mol. The van der Waals surface area contributed by atoms with Crippen LogP contribution in [0.25, 0.3) is 0 Å². The highest BCUT2D eigenvalue weighted by Gasteiger charge is 2.27. The second-order valence-electron chi connectivity index (χ2n) is 7.88. The number of halogens is 2. The molecule has 1 saturated heterocycles. The lowest BCUT2D eigenvalue weighted by atomic mass is 9.95. The number of piperidine rings is 1. The summed E-state index contributed by atoms with van der Waals surface area (Å²) in [5.74, 6) is -1.97. The molecule has 7 heteroatoms. The molecular formula is C23H27F2N3O2. The average Bonchev–Trinajstić information content (AvgIpc) is 2.72. The minimum absolute atomic E-state index is 0.107. The van der Waals surface area contributed by atoms with Gasteiger partial charge in [0.25, 0.3) is 0 Å². The van der Waals surface area contributed by atoms with E-state index in [-0.39, 0.29) is 30.0 Å². The van der Waals surface area contributed by atoms with Crippen LogP contribution in [0, 0.1) is 23.5 Å². The molecule has 0 aliphatic carbocycles. The molecule has 1 heterocycles. The van der Waals surface area contributed by atoms with Crippen LogP contribution in [0.3, 0.4) is 0 Å². The molecule has 0 bridgehead atoms. The zero-order valence-corrected chi connectivity index (χ0v) is 16.8. The third-order valence-corrected chi connectivity index (χ3v) is 5.49. The summed E-state index contributed by atoms with van der Waals surface area (Å²) in [6.07, 6.45) is 1.99. The number of carbonyl (C=O) groups excluding carboxylic acids is 2. The molecule has 5 nitrogen and oxygen atoms in total. The molecule has 30 heavy (non-hydrogen) atoms. The van der Waals surface area contributed by atoms with Crippen LogP contribution in [0.5, 0.6) is 0 Å². The Hall–Kier alpha value is -2.80. The lowest BCUT2D eigenvalue weighted by molar-refractivity contribution is -0.127. The van der Waals surface area contributed by atoms with Crippen molar-refractivity contribution in [3.8, 4) is 0 Å². The molecular weight excluding hydrogens is 388 g/mol. The van der Waals surface area contributed by atoms with Gasteiger partial charge in [-0.25, -0.2) is 8.78 Å². The van der Waals surface area contributed by atoms with Crippen molar-refractivity contribution < 1.29 is 18.4 Å². The minimum Gasteiger partial charge on any atom is -0.369 e. The quantitative estimate of drug-likeness (QED) is 0.696. The van der Waals surface area contributed by atoms with Gasteiger partial charge in [-0.2, -0.15) is 0 Å². The number of carbonyl (C=O) groups is 2. The fourth-order valence-electron chi connectivity index (χ4n) is 3.85. The van der Waals surface area contributed by atoms with Crippen molar-refractivity contribution in [2.45, 2.75) is 25.8 Å². The lowest BCUT2D eigenvalue weighted by Crippen LogP contribution is -2.45. The van der Waals surface area contributed by atoms with Gasteiger partial charge >= 0.3 is 0 Å². The van der Waals surface area contributed by atoms with Gasteiger partial charge in [-0.3, -0.25) is 14.5 Å². The summed E-state index contributed by atoms with van der Waals surface area (Å²) in [6.45, 7) is 2.18. The minimum atomic E-state index is -0.564. The van der Waals surface area contributed by atoms with Crippen LogP contribution < -0.4 is 11.1 Å². The summed E-state index contributed by atoms with van der Waals surface area (Å²) in [6, 6.07) is 12.4. The Morgan fingerprint density at radius 3 is 2.57 bits per heavy atom. The van der Waals surface area contributed by atoms with Crippen LogP contribution in [0.15, 0.2) is 48.5 Å². The maximum atomic E-state index is 13.4. The summed E-state index contributed by atoms with van der Waals surface area (Å²) < 4.78 is 26.5. The van der Waals surface area contributed by atoms with E-state index in [2.05, 4.69) is 10.2 Å². The Labute approximate surface area is 175 Å². The second kappa shape index (κ2) is 10.3. The maximum absolute atomic E-state index is 13.4. The molecule has 2 atom stereocenters. The molecule has 1 fully saturated rings. The smallest absolute Gasteiger partial charge is 0.224 e. The molecule has 0 radical (unpaired) electrons. The zero-order chi connectivity index (χ0) is 21.5. The molecule has 3 rings (SSSR count). The number of benzene rings is 2. The van der Waals surface area contributed by atoms with Gasteiger partial charge in [0.2, 0.25) is 11.8 Å². The first-order valence-corrected chi connectivity index (χ1v) is 10.2. The molecule has 1 aliphatic rings. The van der Waals surface area contributed by atoms with Crippen molar-refractivity contribution >= 4 is 11.8 Å². The Bertz CT molecular complexity index is 873. The summed E-state index contributed by atoms with van der Waals surface area (Å²) in [5.41, 5.74) is 7.16. The van der Waals surface area contributed by atoms with Crippen molar-refractivity contribution in [1.29, 1.82) is 0 Å². The highest BCUT2D eigenvalue weighted by molar-refractivity contribution is 5.81. The predicted octanol–water partition coefficient (Wildman–Crippen LogP) is 2.64. The van der Waals surface area contributed by atoms with Crippen LogP contribution >= 0.6 is 0 Å². The Kier molecular flexibility index (Phi) is 7.52. The second-order valence-corrected chi connectivity index (χ2v) is 7.88. The summed E-state index contributed by atoms with van der Waals surface area (Å²) in [4.78, 5) is 26.6. The molecule has 2 aromatic carbocycles. The number of amides is 2. The first-order valence-electron chi connectivity index (χ1n) is 10.2. The zero-order valence-electron chi connectivity index (χ0n) is 16.8. The van der Waals surface area contributed by atoms with Gasteiger partial charge in [0.05, 0.1) is 11.8 Å². The van der Waals surface area contributed by atoms with E-state index in [4.69, 9.17) is 5.73 Å². The first kappa shape index (κ1) is 21.9. The van der Waals surface area contributed by atoms with E-state index < -0.39 is 11.8 Å². The number of nitrogens with zero attached hydrogens (tertiary/aromatic N) is 1. The van der Waals surface area contributed by atoms with Gasteiger partial charge in [-0.15, -0.1) is 0 Å². The van der Waals surface area contributed by atoms with Gasteiger partial charge in [0.1, 0.15) is 11.6 Å². The van der Waals surface area contributed by atoms with Gasteiger partial charge in [0.15, 0.2) is 0 Å². The van der Waals surface area contributed by atoms with Crippen molar-refractivity contribution in [1.82, 2.24) is 10.2 Å². The standard InChI is InChI=1S/C23H27F2N3O2/c24-20-8-6-16(7-9-20)11-19(22(26)29)13-27-23(30)18-4-2-10-28(15-18)14-17-3-1-5-21(25)12-17/h1,3,5-9,12,18-19H,2,4,10-11,13-15H2,(H2,26,29)(H,27,30). The largest absolute Gasteiger partial charge is 0.369 e. The Balaban J connectivity index is 1.52. The molecule has 0 spiro atoms. The third kappa shape index (κ3) is 6.35. The van der Waals surface area contributed by atoms with Crippen LogP contribution in [0.1, 0.15) is 24.0 Å². The Morgan fingerprint density at radius 1 is 1.10 bits per heavy atom. The predicted molar refractivity (Wildman–Crippen MR) is 110 cm³/mol. The van der Waals surface area contributed by atoms with Crippen molar-refractivity contribution in [2.75, 3.05) is 19.6 Å². The highest BCUT2D eigenvalue weighted by Crippen LogP contribution is 2.19. The Morgan fingerprint density at radius 2 is 1.87 bits per heavy atom. The van der Waals surface area contributed by atoms with Gasteiger partial charge < -0.3 is 11.1 Å². The number of likely N-dealkylation sites (tertiary alicyclic amines) is 1. The number of hydrogen-bond donors (Lipinski definition) is 2. The normalized spacial score (nSPS) is 18.0. The summed E-state index contributed by atoms with van der Waals surface area (Å²) in [5, 5.41) is 2.86. The first-order chi connectivity index (χ1) is 14.4. The molecule has 3 N–H and O–H groups in total. The van der Waals surface area contributed by atoms with Gasteiger partial charge in [-0.05, 0) is 61.2 Å². The number of primary amides is 1. The van der Waals surface area contributed by atoms with Crippen molar-refractivity contribution in [2.24, 2.45) is 17.6 Å². The molecule has 0 aromatic heterocycles. The van der Waals surface area contributed by atoms with Crippen molar-refractivity contribution in [3.05, 3.63) is 71.3 Å². The number of rotatable bonds is 8. The van der Waals surface area contributed by atoms with E-state index in [0.29, 0.717) is 19.5 Å². The van der Waals surface area contributed by atoms with Crippen LogP contribution in [0.2, 0.25) is 0 Å². The lowest BCUT2D eigenvalue weighted by Gasteiger charge is -2.32. The molecule has 1 aliphatic heterocycles. The summed E-state index contributed by atoms with van der Waals surface area (Å²) >= 11 is 0. The van der Waals surface area contributed by atoms with Crippen LogP contribution in [0.4, 0.5) is 8.78 Å². The molecule has 160 valence electrons. The van der Waals surface area contributed by atoms with E-state index in [0.717, 1.165) is 30.5 Å². The third-order valence-electron chi connectivity index (χ3n) is 5.49. The summed E-state index contributed by atoms with van der Waals surface area (Å²) in [7, 11) is 0. The van der Waals surface area contributed by atoms with Crippen molar-refractivity contribution in [3.63, 3.8) is 0 Å². The molecule has 0 saturated carbocycles. The SMILES string of the molecule is NC(=O)C(CNC(=O)C1CCCN(Cc2cccc(F)c2)C1)Cc1ccc(F)cc1. The fourth-order valence-corrected chi connectivity index (χ4v) is 3.85. The van der Waals surface area contributed by atoms with E-state index in [9.17, 15) is 18.4 Å². The van der Waals surface area contributed by atoms with E-state index in [1.165, 1.54) is 24.3 Å². The number of nitrogens with two attached hydrogens (primary N) is 1. The highest BCUT2D eigenvalue weighted by atomic mass is 19.1. The van der Waals surface area contributed by atoms with E-state index >= 15 is 0 Å². The molecule has 2 amide bonds. The van der Waals surface area contributed by atoms with Gasteiger partial charge in [0, 0.05) is 19.6 Å². The topological polar surface area (TPSA) is 75.4 Å². The molecule has 2 unspecified atom stereocenters. The number of hydrogen-bond acceptors (Lipinski definition) is 3. The van der Waals surface area contributed by atoms with Gasteiger partial charge in [-0.1, -0.05) is 24.3 Å². The molecule has 2 aromatic rings. The maximum Gasteiger partial charge on any atom is 0.224 e. The van der Waals surface area contributed by atoms with E-state index in [1.54, 1.807) is 18.2 Å². The number of nitrogens with one attached hydrogen (secondary N) is 1. The monoisotopic (exact) mass is 415 g/mol. The van der Waals surface area contributed by atoms with Crippen LogP contribution in [-0.2, 0) is 22.6 Å².